The summed E-state index contributed by atoms with van der Waals surface area (Å²) in [5.41, 5.74) is 3.74. The zero-order chi connectivity index (χ0) is 24.4. The van der Waals surface area contributed by atoms with Crippen LogP contribution in [0.15, 0.2) is 51.6 Å². The fraction of sp³-hybridized carbons (Fsp3) is 0.593. The van der Waals surface area contributed by atoms with Crippen molar-refractivity contribution in [1.29, 1.82) is 0 Å². The first-order chi connectivity index (χ1) is 14.8. The number of rotatable bonds is 13. The van der Waals surface area contributed by atoms with Gasteiger partial charge in [0, 0.05) is 12.8 Å². The van der Waals surface area contributed by atoms with E-state index in [0.717, 1.165) is 19.3 Å². The van der Waals surface area contributed by atoms with Gasteiger partial charge < -0.3 is 9.53 Å². The fourth-order valence-electron chi connectivity index (χ4n) is 3.27. The molecule has 0 aliphatic heterocycles. The highest BCUT2D eigenvalue weighted by Gasteiger charge is 2.39. The topological polar surface area (TPSA) is 46.5 Å². The number of allylic oxidation sites excluding steroid dienone is 2. The second-order valence-electron chi connectivity index (χ2n) is 10.5. The third-order valence-electron chi connectivity index (χ3n) is 6.33. The third kappa shape index (κ3) is 11.4. The first-order valence-corrected chi connectivity index (χ1v) is 15.8. The number of aliphatic hydroxyl groups excluding tert-OH is 1. The van der Waals surface area contributed by atoms with Crippen molar-refractivity contribution in [3.8, 4) is 0 Å². The lowest BCUT2D eigenvalue weighted by molar-refractivity contribution is -0.121. The van der Waals surface area contributed by atoms with Gasteiger partial charge >= 0.3 is 0 Å². The summed E-state index contributed by atoms with van der Waals surface area (Å²) in [7, 11) is -1.95. The number of carbonyl (C=O) groups excluding carboxylic acids is 1. The summed E-state index contributed by atoms with van der Waals surface area (Å²) >= 11 is 2.25. The molecular formula is C27H43IO3Si. The van der Waals surface area contributed by atoms with Crippen molar-refractivity contribution in [3.63, 3.8) is 0 Å². The molecule has 0 radical (unpaired) electrons. The van der Waals surface area contributed by atoms with E-state index in [4.69, 9.17) is 4.43 Å². The quantitative estimate of drug-likeness (QED) is 0.150. The fourth-order valence-corrected chi connectivity index (χ4v) is 4.89. The maximum absolute atomic E-state index is 12.5. The van der Waals surface area contributed by atoms with Crippen LogP contribution in [0.1, 0.15) is 72.3 Å². The van der Waals surface area contributed by atoms with Crippen LogP contribution in [-0.2, 0) is 15.6 Å². The Balaban J connectivity index is 2.59. The Bertz CT molecular complexity index is 763. The summed E-state index contributed by atoms with van der Waals surface area (Å²) in [6.45, 7) is 15.3. The van der Waals surface area contributed by atoms with Crippen LogP contribution < -0.4 is 0 Å². The highest BCUT2D eigenvalue weighted by molar-refractivity contribution is 14.1. The first kappa shape index (κ1) is 29.3. The lowest BCUT2D eigenvalue weighted by atomic mass is 9.99. The van der Waals surface area contributed by atoms with Crippen LogP contribution >= 0.6 is 22.6 Å². The Morgan fingerprint density at radius 3 is 2.28 bits per heavy atom. The molecule has 0 aliphatic carbocycles. The summed E-state index contributed by atoms with van der Waals surface area (Å²) in [5, 5.41) is 10.8. The standard InChI is InChI=1S/C27H43IO3Si/c1-21(13-15-23-11-9-8-10-12-23)14-16-24(29)18-25(30)19-26(17-22(2)20-28)31-32(6,7)27(3,4)5/h8-13,20,25-26,30H,14-19H2,1-7H3/b21-13+,22-20+/t25-,26+/m0/s1. The highest BCUT2D eigenvalue weighted by Crippen LogP contribution is 2.38. The predicted octanol–water partition coefficient (Wildman–Crippen LogP) is 7.79. The zero-order valence-electron chi connectivity index (χ0n) is 21.1. The van der Waals surface area contributed by atoms with Gasteiger partial charge in [-0.1, -0.05) is 90.9 Å². The smallest absolute Gasteiger partial charge is 0.192 e. The number of benzene rings is 1. The molecule has 0 heterocycles. The van der Waals surface area contributed by atoms with Gasteiger partial charge in [0.25, 0.3) is 0 Å². The van der Waals surface area contributed by atoms with Crippen LogP contribution in [0.5, 0.6) is 0 Å². The molecule has 0 spiro atoms. The first-order valence-electron chi connectivity index (χ1n) is 11.7. The summed E-state index contributed by atoms with van der Waals surface area (Å²) in [6.07, 6.45) is 5.10. The van der Waals surface area contributed by atoms with Crippen molar-refractivity contribution in [2.45, 2.75) is 103 Å². The molecular weight excluding hydrogens is 527 g/mol. The van der Waals surface area contributed by atoms with E-state index in [9.17, 15) is 9.90 Å². The molecule has 0 aromatic heterocycles. The Hall–Kier alpha value is -0.763. The van der Waals surface area contributed by atoms with Gasteiger partial charge in [0.15, 0.2) is 8.32 Å². The number of ketones is 1. The summed E-state index contributed by atoms with van der Waals surface area (Å²) in [4.78, 5) is 12.5. The molecule has 1 aromatic rings. The number of Topliss-reactive ketones (excluding diaryl/α,β-unsaturated/α-hetero) is 1. The molecule has 3 nitrogen and oxygen atoms in total. The van der Waals surface area contributed by atoms with Crippen molar-refractivity contribution in [2.24, 2.45) is 0 Å². The third-order valence-corrected chi connectivity index (χ3v) is 11.9. The Labute approximate surface area is 211 Å². The number of aliphatic hydroxyl groups is 1. The molecule has 5 heteroatoms. The van der Waals surface area contributed by atoms with E-state index in [-0.39, 0.29) is 23.3 Å². The van der Waals surface area contributed by atoms with Crippen molar-refractivity contribution in [1.82, 2.24) is 0 Å². The highest BCUT2D eigenvalue weighted by atomic mass is 127. The minimum atomic E-state index is -1.95. The maximum Gasteiger partial charge on any atom is 0.192 e. The SMILES string of the molecule is C/C(=C\Cc1ccccc1)CCC(=O)C[C@H](O)C[C@@H](C/C(C)=C/I)O[Si](C)(C)C(C)(C)C. The molecule has 2 atom stereocenters. The van der Waals surface area contributed by atoms with Gasteiger partial charge in [-0.3, -0.25) is 4.79 Å². The van der Waals surface area contributed by atoms with E-state index in [1.165, 1.54) is 16.7 Å². The normalized spacial score (nSPS) is 15.5. The van der Waals surface area contributed by atoms with Crippen molar-refractivity contribution in [3.05, 3.63) is 57.2 Å². The maximum atomic E-state index is 12.5. The Kier molecular flexibility index (Phi) is 12.6. The van der Waals surface area contributed by atoms with Crippen LogP contribution in [0.3, 0.4) is 0 Å². The molecule has 1 aromatic carbocycles. The van der Waals surface area contributed by atoms with Crippen LogP contribution in [0.2, 0.25) is 18.1 Å². The van der Waals surface area contributed by atoms with E-state index in [1.54, 1.807) is 0 Å². The van der Waals surface area contributed by atoms with Crippen molar-refractivity contribution >= 4 is 36.7 Å². The summed E-state index contributed by atoms with van der Waals surface area (Å²) < 4.78 is 8.68. The van der Waals surface area contributed by atoms with Gasteiger partial charge in [-0.15, -0.1) is 0 Å². The minimum absolute atomic E-state index is 0.0581. The molecule has 0 saturated heterocycles. The van der Waals surface area contributed by atoms with Gasteiger partial charge in [-0.25, -0.2) is 0 Å². The summed E-state index contributed by atoms with van der Waals surface area (Å²) in [6, 6.07) is 10.3. The average molecular weight is 571 g/mol. The van der Waals surface area contributed by atoms with Crippen LogP contribution in [0.25, 0.3) is 0 Å². The predicted molar refractivity (Wildman–Crippen MR) is 148 cm³/mol. The lowest BCUT2D eigenvalue weighted by Crippen LogP contribution is -2.44. The second-order valence-corrected chi connectivity index (χ2v) is 15.9. The Morgan fingerprint density at radius 2 is 1.72 bits per heavy atom. The number of halogens is 1. The molecule has 1 N–H and O–H groups in total. The van der Waals surface area contributed by atoms with Crippen LogP contribution in [0.4, 0.5) is 0 Å². The average Bonchev–Trinajstić information content (AvgIpc) is 2.70. The molecule has 0 bridgehead atoms. The van der Waals surface area contributed by atoms with Crippen LogP contribution in [0, 0.1) is 0 Å². The van der Waals surface area contributed by atoms with Crippen molar-refractivity contribution < 1.29 is 14.3 Å². The van der Waals surface area contributed by atoms with Gasteiger partial charge in [-0.2, -0.15) is 0 Å². The van der Waals surface area contributed by atoms with E-state index >= 15 is 0 Å². The van der Waals surface area contributed by atoms with Crippen molar-refractivity contribution in [2.75, 3.05) is 0 Å². The molecule has 0 saturated carbocycles. The number of hydrogen-bond acceptors (Lipinski definition) is 3. The monoisotopic (exact) mass is 570 g/mol. The molecule has 0 unspecified atom stereocenters. The van der Waals surface area contributed by atoms with Gasteiger partial charge in [0.05, 0.1) is 12.2 Å². The largest absolute Gasteiger partial charge is 0.414 e. The van der Waals surface area contributed by atoms with E-state index in [2.05, 4.69) is 92.6 Å². The van der Waals surface area contributed by atoms with E-state index in [0.29, 0.717) is 12.8 Å². The zero-order valence-corrected chi connectivity index (χ0v) is 24.2. The van der Waals surface area contributed by atoms with Gasteiger partial charge in [-0.05, 0) is 67.3 Å². The lowest BCUT2D eigenvalue weighted by Gasteiger charge is -2.40. The second kappa shape index (κ2) is 13.8. The van der Waals surface area contributed by atoms with Gasteiger partial charge in [0.1, 0.15) is 5.78 Å². The number of carbonyl (C=O) groups is 1. The minimum Gasteiger partial charge on any atom is -0.414 e. The summed E-state index contributed by atoms with van der Waals surface area (Å²) in [5.74, 6) is 0.122. The molecule has 32 heavy (non-hydrogen) atoms. The van der Waals surface area contributed by atoms with E-state index < -0.39 is 14.4 Å². The van der Waals surface area contributed by atoms with E-state index in [1.807, 2.05) is 18.2 Å². The van der Waals surface area contributed by atoms with Crippen LogP contribution in [-0.4, -0.2) is 31.4 Å². The molecule has 0 aliphatic rings. The Morgan fingerprint density at radius 1 is 1.09 bits per heavy atom. The molecule has 180 valence electrons. The van der Waals surface area contributed by atoms with Gasteiger partial charge in [0.2, 0.25) is 0 Å². The number of hydrogen-bond donors (Lipinski definition) is 1. The molecule has 0 amide bonds. The molecule has 0 fully saturated rings. The molecule has 1 rings (SSSR count).